The number of aromatic amines is 1. The van der Waals surface area contributed by atoms with Crippen molar-refractivity contribution in [2.75, 3.05) is 13.1 Å². The van der Waals surface area contributed by atoms with Crippen LogP contribution in [-0.4, -0.2) is 46.9 Å². The molecule has 1 aromatic carbocycles. The summed E-state index contributed by atoms with van der Waals surface area (Å²) in [5, 5.41) is 10.1. The van der Waals surface area contributed by atoms with E-state index < -0.39 is 16.0 Å². The summed E-state index contributed by atoms with van der Waals surface area (Å²) < 4.78 is 27.5. The summed E-state index contributed by atoms with van der Waals surface area (Å²) in [5.74, 6) is -0.319. The molecule has 1 saturated carbocycles. The van der Waals surface area contributed by atoms with Crippen LogP contribution < -0.4 is 0 Å². The molecular weight excluding hydrogens is 450 g/mol. The summed E-state index contributed by atoms with van der Waals surface area (Å²) in [6, 6.07) is 11.0. The van der Waals surface area contributed by atoms with Crippen molar-refractivity contribution in [2.45, 2.75) is 62.2 Å². The van der Waals surface area contributed by atoms with E-state index >= 15 is 0 Å². The molecule has 2 fully saturated rings. The summed E-state index contributed by atoms with van der Waals surface area (Å²) in [7, 11) is -3.45. The van der Waals surface area contributed by atoms with Crippen LogP contribution in [0.1, 0.15) is 78.9 Å². The lowest BCUT2D eigenvalue weighted by molar-refractivity contribution is 0.0696. The van der Waals surface area contributed by atoms with Crippen LogP contribution in [0.3, 0.4) is 0 Å². The summed E-state index contributed by atoms with van der Waals surface area (Å²) in [6.07, 6.45) is 10.4. The topological polar surface area (TPSA) is 103 Å². The maximum absolute atomic E-state index is 13.0. The van der Waals surface area contributed by atoms with Gasteiger partial charge in [-0.25, -0.2) is 18.2 Å². The van der Waals surface area contributed by atoms with Gasteiger partial charge in [0.25, 0.3) is 0 Å². The average molecular weight is 482 g/mol. The second-order valence-electron chi connectivity index (χ2n) is 9.66. The van der Waals surface area contributed by atoms with Crippen molar-refractivity contribution in [1.82, 2.24) is 14.3 Å². The molecule has 3 aromatic rings. The molecule has 1 aliphatic heterocycles. The number of benzene rings is 1. The van der Waals surface area contributed by atoms with Gasteiger partial charge in [0.05, 0.1) is 10.5 Å². The maximum atomic E-state index is 13.0. The quantitative estimate of drug-likeness (QED) is 0.486. The number of nitrogens with zero attached hydrogens (tertiary/aromatic N) is 2. The Morgan fingerprint density at radius 1 is 1.06 bits per heavy atom. The first kappa shape index (κ1) is 23.1. The third-order valence-electron chi connectivity index (χ3n) is 7.39. The minimum atomic E-state index is -3.45. The largest absolute Gasteiger partial charge is 0.478 e. The third-order valence-corrected chi connectivity index (χ3v) is 9.31. The lowest BCUT2D eigenvalue weighted by Crippen LogP contribution is -2.27. The number of sulfonamides is 1. The van der Waals surface area contributed by atoms with Crippen molar-refractivity contribution in [3.05, 3.63) is 59.4 Å². The molecule has 7 nitrogen and oxygen atoms in total. The number of carbonyl (C=O) groups is 1. The van der Waals surface area contributed by atoms with Crippen LogP contribution in [0.4, 0.5) is 0 Å². The van der Waals surface area contributed by atoms with Gasteiger partial charge in [-0.2, -0.15) is 4.31 Å². The van der Waals surface area contributed by atoms with Crippen molar-refractivity contribution < 1.29 is 18.3 Å². The number of hydrogen-bond acceptors (Lipinski definition) is 4. The monoisotopic (exact) mass is 481 g/mol. The fourth-order valence-corrected chi connectivity index (χ4v) is 7.01. The van der Waals surface area contributed by atoms with E-state index in [2.05, 4.69) is 9.97 Å². The van der Waals surface area contributed by atoms with Gasteiger partial charge in [-0.3, -0.25) is 0 Å². The van der Waals surface area contributed by atoms with E-state index in [0.717, 1.165) is 35.9 Å². The molecule has 2 aliphatic rings. The van der Waals surface area contributed by atoms with Crippen LogP contribution >= 0.6 is 0 Å². The molecule has 3 heterocycles. The van der Waals surface area contributed by atoms with Crippen LogP contribution in [0, 0.1) is 5.92 Å². The van der Waals surface area contributed by atoms with E-state index in [-0.39, 0.29) is 11.5 Å². The van der Waals surface area contributed by atoms with Gasteiger partial charge in [-0.05, 0) is 55.0 Å². The number of nitrogens with one attached hydrogen (secondary N) is 1. The fourth-order valence-electron chi connectivity index (χ4n) is 5.49. The van der Waals surface area contributed by atoms with Gasteiger partial charge in [-0.15, -0.1) is 0 Å². The summed E-state index contributed by atoms with van der Waals surface area (Å²) >= 11 is 0. The minimum Gasteiger partial charge on any atom is -0.478 e. The number of H-pyrrole nitrogens is 1. The van der Waals surface area contributed by atoms with Crippen LogP contribution in [0.2, 0.25) is 0 Å². The molecule has 180 valence electrons. The van der Waals surface area contributed by atoms with E-state index in [9.17, 15) is 18.3 Å². The molecule has 2 N–H and O–H groups in total. The maximum Gasteiger partial charge on any atom is 0.337 e. The lowest BCUT2D eigenvalue weighted by atomic mass is 9.79. The Balaban J connectivity index is 1.48. The molecule has 0 spiro atoms. The van der Waals surface area contributed by atoms with Gasteiger partial charge < -0.3 is 10.1 Å². The fraction of sp³-hybridized carbons (Fsp3) is 0.462. The Bertz CT molecular complexity index is 1270. The first-order valence-electron chi connectivity index (χ1n) is 12.2. The number of pyridine rings is 1. The molecule has 2 aromatic heterocycles. The van der Waals surface area contributed by atoms with Crippen molar-refractivity contribution in [3.8, 4) is 0 Å². The Morgan fingerprint density at radius 3 is 2.44 bits per heavy atom. The molecule has 1 aliphatic carbocycles. The van der Waals surface area contributed by atoms with Gasteiger partial charge in [-0.1, -0.05) is 44.2 Å². The highest BCUT2D eigenvalue weighted by Crippen LogP contribution is 2.38. The molecule has 0 amide bonds. The van der Waals surface area contributed by atoms with Crippen LogP contribution in [0.25, 0.3) is 11.0 Å². The van der Waals surface area contributed by atoms with E-state index in [4.69, 9.17) is 0 Å². The second kappa shape index (κ2) is 9.50. The summed E-state index contributed by atoms with van der Waals surface area (Å²) in [6.45, 7) is 1.18. The van der Waals surface area contributed by atoms with Crippen molar-refractivity contribution in [2.24, 2.45) is 5.92 Å². The molecule has 1 atom stereocenters. The molecule has 0 bridgehead atoms. The van der Waals surface area contributed by atoms with Crippen LogP contribution in [0.15, 0.2) is 47.5 Å². The van der Waals surface area contributed by atoms with Gasteiger partial charge in [0, 0.05) is 36.3 Å². The first-order chi connectivity index (χ1) is 16.4. The van der Waals surface area contributed by atoms with Crippen molar-refractivity contribution in [1.29, 1.82) is 0 Å². The van der Waals surface area contributed by atoms with Crippen molar-refractivity contribution in [3.63, 3.8) is 0 Å². The molecule has 1 unspecified atom stereocenters. The first-order valence-corrected chi connectivity index (χ1v) is 13.7. The Labute approximate surface area is 200 Å². The van der Waals surface area contributed by atoms with Gasteiger partial charge in [0.15, 0.2) is 0 Å². The molecule has 1 saturated heterocycles. The molecule has 5 rings (SSSR count). The predicted molar refractivity (Wildman–Crippen MR) is 131 cm³/mol. The van der Waals surface area contributed by atoms with Crippen LogP contribution in [0.5, 0.6) is 0 Å². The number of aromatic carboxylic acids is 1. The zero-order valence-corrected chi connectivity index (χ0v) is 20.1. The third kappa shape index (κ3) is 4.61. The van der Waals surface area contributed by atoms with E-state index in [1.165, 1.54) is 38.3 Å². The predicted octanol–water partition coefficient (Wildman–Crippen LogP) is 5.15. The van der Waals surface area contributed by atoms with E-state index in [1.54, 1.807) is 22.5 Å². The number of rotatable bonds is 7. The number of carboxylic acids is 1. The zero-order valence-electron chi connectivity index (χ0n) is 19.2. The number of fused-ring (bicyclic) bond motifs is 1. The highest BCUT2D eigenvalue weighted by molar-refractivity contribution is 7.89. The smallest absolute Gasteiger partial charge is 0.337 e. The number of carboxylic acid groups (broad SMARTS) is 1. The highest BCUT2D eigenvalue weighted by Gasteiger charge is 2.28. The lowest BCUT2D eigenvalue weighted by Gasteiger charge is -2.26. The SMILES string of the molecule is O=C(O)c1cnc2[nH]c(C(CC3CCCCC3)c3ccc(S(=O)(=O)N4CCCC4)cc3)cc2c1. The van der Waals surface area contributed by atoms with Gasteiger partial charge >= 0.3 is 5.97 Å². The summed E-state index contributed by atoms with van der Waals surface area (Å²) in [4.78, 5) is 19.4. The number of aromatic nitrogens is 2. The average Bonchev–Trinajstić information content (AvgIpc) is 3.53. The van der Waals surface area contributed by atoms with Crippen LogP contribution in [-0.2, 0) is 10.0 Å². The normalized spacial score (nSPS) is 18.9. The van der Waals surface area contributed by atoms with E-state index in [0.29, 0.717) is 29.6 Å². The Kier molecular flexibility index (Phi) is 6.44. The molecule has 8 heteroatoms. The minimum absolute atomic E-state index is 0.0640. The summed E-state index contributed by atoms with van der Waals surface area (Å²) in [5.41, 5.74) is 2.89. The zero-order chi connectivity index (χ0) is 23.7. The molecule has 0 radical (unpaired) electrons. The van der Waals surface area contributed by atoms with E-state index in [1.807, 2.05) is 18.2 Å². The van der Waals surface area contributed by atoms with Gasteiger partial charge in [0.1, 0.15) is 5.65 Å². The van der Waals surface area contributed by atoms with Crippen molar-refractivity contribution >= 4 is 27.0 Å². The number of hydrogen-bond donors (Lipinski definition) is 2. The Hall–Kier alpha value is -2.71. The standard InChI is InChI=1S/C26H31N3O4S/c30-26(31)21-15-20-16-24(28-25(20)27-17-21)23(14-18-6-2-1-3-7-18)19-8-10-22(11-9-19)34(32,33)29-12-4-5-13-29/h8-11,15-18,23H,1-7,12-14H2,(H,27,28)(H,30,31). The van der Waals surface area contributed by atoms with Gasteiger partial charge in [0.2, 0.25) is 10.0 Å². The second-order valence-corrected chi connectivity index (χ2v) is 11.6. The highest BCUT2D eigenvalue weighted by atomic mass is 32.2. The molecular formula is C26H31N3O4S. The molecule has 34 heavy (non-hydrogen) atoms. The Morgan fingerprint density at radius 2 is 1.76 bits per heavy atom.